The first-order valence-corrected chi connectivity index (χ1v) is 11.9. The summed E-state index contributed by atoms with van der Waals surface area (Å²) in [6, 6.07) is 9.84. The third-order valence-electron chi connectivity index (χ3n) is 5.07. The van der Waals surface area contributed by atoms with E-state index in [9.17, 15) is 18.0 Å². The number of esters is 1. The number of nitrogens with one attached hydrogen (secondary N) is 1. The molecule has 1 aliphatic heterocycles. The van der Waals surface area contributed by atoms with Gasteiger partial charge in [0.2, 0.25) is 10.0 Å². The summed E-state index contributed by atoms with van der Waals surface area (Å²) in [5, 5.41) is 2.85. The van der Waals surface area contributed by atoms with Gasteiger partial charge in [-0.15, -0.1) is 0 Å². The molecule has 3 rings (SSSR count). The maximum atomic E-state index is 13.1. The lowest BCUT2D eigenvalue weighted by Crippen LogP contribution is -2.40. The Kier molecular flexibility index (Phi) is 7.70. The number of hydrogen-bond acceptors (Lipinski definition) is 6. The number of ether oxygens (including phenoxy) is 2. The van der Waals surface area contributed by atoms with Crippen molar-refractivity contribution in [2.24, 2.45) is 7.05 Å². The standard InChI is InChI=1S/C22H29N3O6S/c1-16(2)31-21(26)14-19(17-7-5-4-6-8-17)23-22(27)20-13-18(15-24(20)3)32(28,29)25-9-11-30-12-10-25/h4-8,13,15-16,19H,9-12,14H2,1-3H3,(H,23,27)/t19-/m0/s1. The molecule has 1 amide bonds. The number of carbonyl (C=O) groups excluding carboxylic acids is 2. The predicted octanol–water partition coefficient (Wildman–Crippen LogP) is 1.86. The Labute approximate surface area is 188 Å². The second-order valence-corrected chi connectivity index (χ2v) is 9.81. The van der Waals surface area contributed by atoms with Crippen LogP contribution in [-0.2, 0) is 31.3 Å². The minimum atomic E-state index is -3.73. The van der Waals surface area contributed by atoms with E-state index in [1.165, 1.54) is 21.1 Å². The number of benzene rings is 1. The van der Waals surface area contributed by atoms with Crippen LogP contribution >= 0.6 is 0 Å². The quantitative estimate of drug-likeness (QED) is 0.599. The summed E-state index contributed by atoms with van der Waals surface area (Å²) in [6.07, 6.45) is 1.11. The molecule has 32 heavy (non-hydrogen) atoms. The van der Waals surface area contributed by atoms with E-state index in [0.29, 0.717) is 13.2 Å². The topological polar surface area (TPSA) is 107 Å². The summed E-state index contributed by atoms with van der Waals surface area (Å²) < 4.78 is 39.1. The number of aryl methyl sites for hydroxylation is 1. The van der Waals surface area contributed by atoms with Gasteiger partial charge in [-0.1, -0.05) is 30.3 Å². The number of amides is 1. The minimum Gasteiger partial charge on any atom is -0.463 e. The molecule has 1 N–H and O–H groups in total. The van der Waals surface area contributed by atoms with E-state index in [0.717, 1.165) is 5.56 Å². The highest BCUT2D eigenvalue weighted by molar-refractivity contribution is 7.89. The zero-order chi connectivity index (χ0) is 23.3. The van der Waals surface area contributed by atoms with Crippen LogP contribution in [0.3, 0.4) is 0 Å². The molecule has 0 radical (unpaired) electrons. The van der Waals surface area contributed by atoms with E-state index in [1.807, 2.05) is 30.3 Å². The third-order valence-corrected chi connectivity index (χ3v) is 6.93. The molecule has 1 fully saturated rings. The van der Waals surface area contributed by atoms with E-state index in [-0.39, 0.29) is 36.2 Å². The van der Waals surface area contributed by atoms with Crippen LogP contribution in [0.5, 0.6) is 0 Å². The first-order valence-electron chi connectivity index (χ1n) is 10.5. The van der Waals surface area contributed by atoms with Crippen molar-refractivity contribution in [2.75, 3.05) is 26.3 Å². The van der Waals surface area contributed by atoms with Gasteiger partial charge in [-0.05, 0) is 25.5 Å². The molecular weight excluding hydrogens is 434 g/mol. The van der Waals surface area contributed by atoms with Gasteiger partial charge < -0.3 is 19.4 Å². The molecule has 10 heteroatoms. The molecule has 9 nitrogen and oxygen atoms in total. The van der Waals surface area contributed by atoms with Gasteiger partial charge in [0.15, 0.2) is 0 Å². The molecule has 1 aromatic heterocycles. The van der Waals surface area contributed by atoms with Gasteiger partial charge in [0.1, 0.15) is 10.6 Å². The van der Waals surface area contributed by atoms with E-state index >= 15 is 0 Å². The van der Waals surface area contributed by atoms with Crippen LogP contribution in [0.1, 0.15) is 42.4 Å². The Morgan fingerprint density at radius 2 is 1.81 bits per heavy atom. The maximum absolute atomic E-state index is 13.1. The maximum Gasteiger partial charge on any atom is 0.308 e. The van der Waals surface area contributed by atoms with E-state index in [4.69, 9.17) is 9.47 Å². The lowest BCUT2D eigenvalue weighted by Gasteiger charge is -2.25. The van der Waals surface area contributed by atoms with Gasteiger partial charge in [0.05, 0.1) is 31.8 Å². The Bertz CT molecular complexity index is 1040. The number of sulfonamides is 1. The summed E-state index contributed by atoms with van der Waals surface area (Å²) in [6.45, 7) is 4.73. The molecule has 174 valence electrons. The highest BCUT2D eigenvalue weighted by Gasteiger charge is 2.29. The molecule has 2 aromatic rings. The Morgan fingerprint density at radius 3 is 2.44 bits per heavy atom. The second kappa shape index (κ2) is 10.3. The summed E-state index contributed by atoms with van der Waals surface area (Å²) in [5.41, 5.74) is 0.923. The van der Waals surface area contributed by atoms with Crippen LogP contribution in [-0.4, -0.2) is 61.6 Å². The zero-order valence-corrected chi connectivity index (χ0v) is 19.3. The highest BCUT2D eigenvalue weighted by Crippen LogP contribution is 2.22. The second-order valence-electron chi connectivity index (χ2n) is 7.87. The van der Waals surface area contributed by atoms with E-state index in [2.05, 4.69) is 5.32 Å². The molecule has 0 unspecified atom stereocenters. The van der Waals surface area contributed by atoms with E-state index in [1.54, 1.807) is 20.9 Å². The summed E-state index contributed by atoms with van der Waals surface area (Å²) in [4.78, 5) is 25.4. The van der Waals surface area contributed by atoms with Crippen molar-refractivity contribution < 1.29 is 27.5 Å². The first kappa shape index (κ1) is 24.0. The number of aromatic nitrogens is 1. The fourth-order valence-electron chi connectivity index (χ4n) is 3.48. The Morgan fingerprint density at radius 1 is 1.16 bits per heavy atom. The van der Waals surface area contributed by atoms with Crippen LogP contribution in [0.25, 0.3) is 0 Å². The average molecular weight is 464 g/mol. The van der Waals surface area contributed by atoms with Gasteiger partial charge in [0.25, 0.3) is 5.91 Å². The van der Waals surface area contributed by atoms with Crippen molar-refractivity contribution in [1.29, 1.82) is 0 Å². The fourth-order valence-corrected chi connectivity index (χ4v) is 4.96. The first-order chi connectivity index (χ1) is 15.2. The highest BCUT2D eigenvalue weighted by atomic mass is 32.2. The predicted molar refractivity (Wildman–Crippen MR) is 117 cm³/mol. The third kappa shape index (κ3) is 5.76. The number of morpholine rings is 1. The molecule has 0 bridgehead atoms. The molecule has 0 saturated carbocycles. The lowest BCUT2D eigenvalue weighted by molar-refractivity contribution is -0.147. The SMILES string of the molecule is CC(C)OC(=O)C[C@H](NC(=O)c1cc(S(=O)(=O)N2CCOCC2)cn1C)c1ccccc1. The molecular formula is C22H29N3O6S. The smallest absolute Gasteiger partial charge is 0.308 e. The van der Waals surface area contributed by atoms with Gasteiger partial charge in [-0.2, -0.15) is 4.31 Å². The van der Waals surface area contributed by atoms with Crippen LogP contribution in [0.4, 0.5) is 0 Å². The molecule has 1 saturated heterocycles. The van der Waals surface area contributed by atoms with Gasteiger partial charge in [-0.3, -0.25) is 9.59 Å². The molecule has 0 aliphatic carbocycles. The van der Waals surface area contributed by atoms with Crippen molar-refractivity contribution in [2.45, 2.75) is 37.3 Å². The van der Waals surface area contributed by atoms with Crippen molar-refractivity contribution in [3.05, 3.63) is 53.9 Å². The normalized spacial score (nSPS) is 16.0. The minimum absolute atomic E-state index is 0.0440. The molecule has 2 heterocycles. The molecule has 0 spiro atoms. The number of hydrogen-bond donors (Lipinski definition) is 1. The van der Waals surface area contributed by atoms with Gasteiger partial charge in [-0.25, -0.2) is 8.42 Å². The van der Waals surface area contributed by atoms with E-state index < -0.39 is 27.9 Å². The van der Waals surface area contributed by atoms with Gasteiger partial charge in [0, 0.05) is 26.3 Å². The fraction of sp³-hybridized carbons (Fsp3) is 0.455. The van der Waals surface area contributed by atoms with Crippen molar-refractivity contribution >= 4 is 21.9 Å². The lowest BCUT2D eigenvalue weighted by atomic mass is 10.0. The number of carbonyl (C=O) groups is 2. The van der Waals surface area contributed by atoms with Crippen LogP contribution in [0, 0.1) is 0 Å². The summed E-state index contributed by atoms with van der Waals surface area (Å²) >= 11 is 0. The largest absolute Gasteiger partial charge is 0.463 e. The summed E-state index contributed by atoms with van der Waals surface area (Å²) in [7, 11) is -2.12. The summed E-state index contributed by atoms with van der Waals surface area (Å²) in [5.74, 6) is -0.918. The average Bonchev–Trinajstić information content (AvgIpc) is 3.16. The van der Waals surface area contributed by atoms with Crippen molar-refractivity contribution in [3.8, 4) is 0 Å². The van der Waals surface area contributed by atoms with Crippen LogP contribution in [0.15, 0.2) is 47.5 Å². The van der Waals surface area contributed by atoms with Crippen molar-refractivity contribution in [3.63, 3.8) is 0 Å². The Hall–Kier alpha value is -2.69. The van der Waals surface area contributed by atoms with Gasteiger partial charge >= 0.3 is 5.97 Å². The molecule has 1 aliphatic rings. The van der Waals surface area contributed by atoms with Crippen molar-refractivity contribution in [1.82, 2.24) is 14.2 Å². The monoisotopic (exact) mass is 463 g/mol. The number of rotatable bonds is 8. The zero-order valence-electron chi connectivity index (χ0n) is 18.5. The molecule has 1 atom stereocenters. The van der Waals surface area contributed by atoms with Crippen LogP contribution in [0.2, 0.25) is 0 Å². The van der Waals surface area contributed by atoms with Crippen LogP contribution < -0.4 is 5.32 Å². The number of nitrogens with zero attached hydrogens (tertiary/aromatic N) is 2. The Balaban J connectivity index is 1.81. The molecule has 1 aromatic carbocycles.